The molecule has 7 heteroatoms. The maximum absolute atomic E-state index is 11.5. The lowest BCUT2D eigenvalue weighted by atomic mass is 9.80. The third-order valence-corrected chi connectivity index (χ3v) is 3.39. The van der Waals surface area contributed by atoms with Gasteiger partial charge in [0.1, 0.15) is 6.61 Å². The summed E-state index contributed by atoms with van der Waals surface area (Å²) in [5, 5.41) is 2.81. The Morgan fingerprint density at radius 3 is 2.64 bits per heavy atom. The van der Waals surface area contributed by atoms with Crippen LogP contribution in [-0.2, 0) is 9.53 Å². The van der Waals surface area contributed by atoms with Crippen LogP contribution in [0, 0.1) is 5.41 Å². The van der Waals surface area contributed by atoms with E-state index in [0.717, 1.165) is 5.56 Å². The van der Waals surface area contributed by atoms with Gasteiger partial charge < -0.3 is 19.5 Å². The maximum atomic E-state index is 11.5. The van der Waals surface area contributed by atoms with Crippen LogP contribution in [0.15, 0.2) is 18.2 Å². The quantitative estimate of drug-likeness (QED) is 0.682. The third-order valence-electron chi connectivity index (χ3n) is 3.39. The van der Waals surface area contributed by atoms with Crippen molar-refractivity contribution < 1.29 is 23.8 Å². The number of carbonyl (C=O) groups is 2. The number of esters is 1. The number of hydrogen-bond acceptors (Lipinski definition) is 5. The molecule has 0 saturated carbocycles. The number of halogens is 1. The van der Waals surface area contributed by atoms with Crippen molar-refractivity contribution in [2.75, 3.05) is 13.7 Å². The average molecular weight is 330 g/mol. The molecule has 0 unspecified atom stereocenters. The summed E-state index contributed by atoms with van der Waals surface area (Å²) in [6.45, 7) is 5.67. The summed E-state index contributed by atoms with van der Waals surface area (Å²) in [6, 6.07) is 5.02. The van der Waals surface area contributed by atoms with Crippen molar-refractivity contribution in [3.63, 3.8) is 0 Å². The highest BCUT2D eigenvalue weighted by molar-refractivity contribution is 5.85. The molecule has 1 amide bonds. The molecule has 0 spiro atoms. The second kappa shape index (κ2) is 6.87. The molecule has 0 aromatic heterocycles. The SMILES string of the molecule is COc1cc([C@H]2NC(=O)OCC2(C)C)ccc1OC(C)=O.Cl. The Morgan fingerprint density at radius 2 is 2.05 bits per heavy atom. The van der Waals surface area contributed by atoms with Crippen molar-refractivity contribution in [1.82, 2.24) is 5.32 Å². The fourth-order valence-corrected chi connectivity index (χ4v) is 2.33. The molecule has 1 aliphatic heterocycles. The van der Waals surface area contributed by atoms with Gasteiger partial charge in [-0.05, 0) is 17.7 Å². The van der Waals surface area contributed by atoms with E-state index in [0.29, 0.717) is 18.1 Å². The summed E-state index contributed by atoms with van der Waals surface area (Å²) < 4.78 is 15.4. The van der Waals surface area contributed by atoms with Gasteiger partial charge in [0, 0.05) is 12.3 Å². The van der Waals surface area contributed by atoms with Gasteiger partial charge in [0.15, 0.2) is 11.5 Å². The summed E-state index contributed by atoms with van der Waals surface area (Å²) in [4.78, 5) is 22.5. The van der Waals surface area contributed by atoms with Crippen molar-refractivity contribution >= 4 is 24.5 Å². The molecule has 6 nitrogen and oxygen atoms in total. The summed E-state index contributed by atoms with van der Waals surface area (Å²) in [5.74, 6) is 0.380. The van der Waals surface area contributed by atoms with E-state index in [-0.39, 0.29) is 23.9 Å². The summed E-state index contributed by atoms with van der Waals surface area (Å²) in [6.07, 6.45) is -0.442. The molecular weight excluding hydrogens is 310 g/mol. The Labute approximate surface area is 135 Å². The van der Waals surface area contributed by atoms with Crippen LogP contribution in [0.4, 0.5) is 4.79 Å². The Morgan fingerprint density at radius 1 is 1.36 bits per heavy atom. The van der Waals surface area contributed by atoms with E-state index in [2.05, 4.69) is 5.32 Å². The van der Waals surface area contributed by atoms with Gasteiger partial charge in [0.2, 0.25) is 0 Å². The number of methoxy groups -OCH3 is 1. The second-order valence-electron chi connectivity index (χ2n) is 5.65. The standard InChI is InChI=1S/C15H19NO5.ClH/c1-9(17)21-11-6-5-10(7-12(11)19-4)13-15(2,3)8-20-14(18)16-13;/h5-7,13H,8H2,1-4H3,(H,16,18);1H/t13-;/m1./s1. The lowest BCUT2D eigenvalue weighted by molar-refractivity contribution is -0.132. The van der Waals surface area contributed by atoms with E-state index in [1.54, 1.807) is 18.2 Å². The first-order valence-corrected chi connectivity index (χ1v) is 6.63. The number of benzene rings is 1. The van der Waals surface area contributed by atoms with E-state index in [4.69, 9.17) is 14.2 Å². The van der Waals surface area contributed by atoms with Gasteiger partial charge in [0.25, 0.3) is 0 Å². The number of ether oxygens (including phenoxy) is 3. The normalized spacial score (nSPS) is 19.3. The van der Waals surface area contributed by atoms with Crippen molar-refractivity contribution in [1.29, 1.82) is 0 Å². The second-order valence-corrected chi connectivity index (χ2v) is 5.65. The number of amides is 1. The zero-order valence-electron chi connectivity index (χ0n) is 13.0. The molecule has 0 radical (unpaired) electrons. The molecule has 122 valence electrons. The summed E-state index contributed by atoms with van der Waals surface area (Å²) >= 11 is 0. The van der Waals surface area contributed by atoms with E-state index in [1.165, 1.54) is 14.0 Å². The molecule has 1 aromatic carbocycles. The molecular formula is C15H20ClNO5. The molecule has 1 fully saturated rings. The van der Waals surface area contributed by atoms with E-state index >= 15 is 0 Å². The topological polar surface area (TPSA) is 73.9 Å². The van der Waals surface area contributed by atoms with Gasteiger partial charge in [-0.25, -0.2) is 4.79 Å². The van der Waals surface area contributed by atoms with Gasteiger partial charge in [-0.1, -0.05) is 19.9 Å². The zero-order valence-corrected chi connectivity index (χ0v) is 13.8. The number of hydrogen-bond donors (Lipinski definition) is 1. The van der Waals surface area contributed by atoms with Crippen LogP contribution in [0.5, 0.6) is 11.5 Å². The molecule has 22 heavy (non-hydrogen) atoms. The largest absolute Gasteiger partial charge is 0.493 e. The van der Waals surface area contributed by atoms with E-state index in [9.17, 15) is 9.59 Å². The van der Waals surface area contributed by atoms with Crippen LogP contribution < -0.4 is 14.8 Å². The number of alkyl carbamates (subject to hydrolysis) is 1. The first-order chi connectivity index (χ1) is 9.83. The fraction of sp³-hybridized carbons (Fsp3) is 0.467. The predicted molar refractivity (Wildman–Crippen MR) is 82.6 cm³/mol. The minimum absolute atomic E-state index is 0. The highest BCUT2D eigenvalue weighted by Crippen LogP contribution is 2.39. The Hall–Kier alpha value is -1.95. The average Bonchev–Trinajstić information content (AvgIpc) is 2.41. The highest BCUT2D eigenvalue weighted by Gasteiger charge is 2.38. The van der Waals surface area contributed by atoms with Crippen LogP contribution in [0.25, 0.3) is 0 Å². The van der Waals surface area contributed by atoms with Crippen LogP contribution in [-0.4, -0.2) is 25.8 Å². The Kier molecular flexibility index (Phi) is 5.65. The van der Waals surface area contributed by atoms with Crippen LogP contribution in [0.2, 0.25) is 0 Å². The third kappa shape index (κ3) is 3.82. The predicted octanol–water partition coefficient (Wildman–Crippen LogP) is 2.85. The molecule has 1 N–H and O–H groups in total. The van der Waals surface area contributed by atoms with E-state index in [1.807, 2.05) is 13.8 Å². The van der Waals surface area contributed by atoms with Gasteiger partial charge in [-0.15, -0.1) is 12.4 Å². The summed E-state index contributed by atoms with van der Waals surface area (Å²) in [7, 11) is 1.50. The van der Waals surface area contributed by atoms with Crippen molar-refractivity contribution in [3.8, 4) is 11.5 Å². The fourth-order valence-electron chi connectivity index (χ4n) is 2.33. The first kappa shape index (κ1) is 18.1. The van der Waals surface area contributed by atoms with E-state index < -0.39 is 12.1 Å². The first-order valence-electron chi connectivity index (χ1n) is 6.63. The van der Waals surface area contributed by atoms with Crippen LogP contribution in [0.1, 0.15) is 32.4 Å². The Bertz CT molecular complexity index is 573. The smallest absolute Gasteiger partial charge is 0.407 e. The van der Waals surface area contributed by atoms with Crippen LogP contribution in [0.3, 0.4) is 0 Å². The number of cyclic esters (lactones) is 1. The van der Waals surface area contributed by atoms with Crippen molar-refractivity contribution in [2.24, 2.45) is 5.41 Å². The molecule has 1 heterocycles. The number of nitrogens with one attached hydrogen (secondary N) is 1. The number of rotatable bonds is 3. The number of carbonyl (C=O) groups excluding carboxylic acids is 2. The molecule has 2 rings (SSSR count). The molecule has 0 bridgehead atoms. The monoisotopic (exact) mass is 329 g/mol. The lowest BCUT2D eigenvalue weighted by Crippen LogP contribution is -2.46. The lowest BCUT2D eigenvalue weighted by Gasteiger charge is -2.38. The molecule has 0 aliphatic carbocycles. The minimum atomic E-state index is -0.442. The van der Waals surface area contributed by atoms with Gasteiger partial charge >= 0.3 is 12.1 Å². The van der Waals surface area contributed by atoms with Crippen LogP contribution >= 0.6 is 12.4 Å². The molecule has 1 aliphatic rings. The highest BCUT2D eigenvalue weighted by atomic mass is 35.5. The zero-order chi connectivity index (χ0) is 15.6. The Balaban J connectivity index is 0.00000242. The van der Waals surface area contributed by atoms with Gasteiger partial charge in [-0.3, -0.25) is 4.79 Å². The molecule has 1 atom stereocenters. The van der Waals surface area contributed by atoms with Crippen molar-refractivity contribution in [2.45, 2.75) is 26.8 Å². The molecule has 1 saturated heterocycles. The van der Waals surface area contributed by atoms with Gasteiger partial charge in [0.05, 0.1) is 13.2 Å². The van der Waals surface area contributed by atoms with Crippen molar-refractivity contribution in [3.05, 3.63) is 23.8 Å². The summed E-state index contributed by atoms with van der Waals surface area (Å²) in [5.41, 5.74) is 0.603. The minimum Gasteiger partial charge on any atom is -0.493 e. The van der Waals surface area contributed by atoms with Gasteiger partial charge in [-0.2, -0.15) is 0 Å². The molecule has 1 aromatic rings. The maximum Gasteiger partial charge on any atom is 0.407 e.